The summed E-state index contributed by atoms with van der Waals surface area (Å²) in [5, 5.41) is 17.0. The van der Waals surface area contributed by atoms with Crippen LogP contribution in [0.3, 0.4) is 0 Å². The van der Waals surface area contributed by atoms with Gasteiger partial charge in [-0.05, 0) is 25.0 Å². The van der Waals surface area contributed by atoms with Crippen molar-refractivity contribution in [2.45, 2.75) is 31.7 Å². The molecule has 1 N–H and O–H groups in total. The van der Waals surface area contributed by atoms with E-state index in [2.05, 4.69) is 31.5 Å². The Morgan fingerprint density at radius 1 is 1.20 bits per heavy atom. The van der Waals surface area contributed by atoms with Crippen LogP contribution in [-0.2, 0) is 6.54 Å². The molecular formula is C17H21N7S. The van der Waals surface area contributed by atoms with E-state index in [1.165, 1.54) is 24.1 Å². The summed E-state index contributed by atoms with van der Waals surface area (Å²) in [6, 6.07) is 4.10. The SMILES string of the molecule is c1ncc(CNCC2CN(c3ccc4nnc(C5CCC5)n4n3)C2)s1. The number of hydrogen-bond donors (Lipinski definition) is 1. The third-order valence-corrected chi connectivity index (χ3v) is 6.02. The Kier molecular flexibility index (Phi) is 3.86. The second-order valence-electron chi connectivity index (χ2n) is 7.02. The topological polar surface area (TPSA) is 71.2 Å². The molecule has 0 unspecified atom stereocenters. The summed E-state index contributed by atoms with van der Waals surface area (Å²) in [6.45, 7) is 4.05. The van der Waals surface area contributed by atoms with Crippen molar-refractivity contribution in [2.24, 2.45) is 5.92 Å². The van der Waals surface area contributed by atoms with Gasteiger partial charge in [-0.25, -0.2) is 0 Å². The quantitative estimate of drug-likeness (QED) is 0.730. The van der Waals surface area contributed by atoms with Gasteiger partial charge in [0.05, 0.1) is 5.51 Å². The monoisotopic (exact) mass is 355 g/mol. The van der Waals surface area contributed by atoms with Crippen molar-refractivity contribution in [1.29, 1.82) is 0 Å². The van der Waals surface area contributed by atoms with Crippen LogP contribution in [0, 0.1) is 5.92 Å². The van der Waals surface area contributed by atoms with Crippen LogP contribution < -0.4 is 10.2 Å². The van der Waals surface area contributed by atoms with Crippen LogP contribution in [0.4, 0.5) is 5.82 Å². The molecule has 7 nitrogen and oxygen atoms in total. The van der Waals surface area contributed by atoms with E-state index in [0.717, 1.165) is 43.5 Å². The maximum Gasteiger partial charge on any atom is 0.178 e. The largest absolute Gasteiger partial charge is 0.354 e. The number of thiazole rings is 1. The molecule has 2 fully saturated rings. The fourth-order valence-corrected chi connectivity index (χ4v) is 4.06. The Labute approximate surface area is 150 Å². The molecule has 1 aliphatic heterocycles. The zero-order valence-corrected chi connectivity index (χ0v) is 14.8. The van der Waals surface area contributed by atoms with Gasteiger partial charge in [-0.15, -0.1) is 26.6 Å². The lowest BCUT2D eigenvalue weighted by molar-refractivity contribution is 0.379. The molecule has 0 amide bonds. The van der Waals surface area contributed by atoms with Crippen LogP contribution in [-0.4, -0.2) is 44.4 Å². The third-order valence-electron chi connectivity index (χ3n) is 5.24. The minimum Gasteiger partial charge on any atom is -0.354 e. The van der Waals surface area contributed by atoms with Crippen LogP contribution in [0.25, 0.3) is 5.65 Å². The number of aromatic nitrogens is 5. The second kappa shape index (κ2) is 6.34. The Balaban J connectivity index is 1.20. The first-order chi connectivity index (χ1) is 12.4. The van der Waals surface area contributed by atoms with E-state index in [1.54, 1.807) is 11.3 Å². The predicted molar refractivity (Wildman–Crippen MR) is 96.9 cm³/mol. The summed E-state index contributed by atoms with van der Waals surface area (Å²) < 4.78 is 1.95. The molecule has 1 saturated carbocycles. The van der Waals surface area contributed by atoms with Gasteiger partial charge in [0.15, 0.2) is 11.5 Å². The molecular weight excluding hydrogens is 334 g/mol. The number of fused-ring (bicyclic) bond motifs is 1. The Morgan fingerprint density at radius 3 is 2.88 bits per heavy atom. The van der Waals surface area contributed by atoms with E-state index in [1.807, 2.05) is 22.3 Å². The van der Waals surface area contributed by atoms with Crippen LogP contribution >= 0.6 is 11.3 Å². The zero-order chi connectivity index (χ0) is 16.6. The zero-order valence-electron chi connectivity index (χ0n) is 14.0. The maximum atomic E-state index is 4.81. The van der Waals surface area contributed by atoms with Crippen molar-refractivity contribution in [3.8, 4) is 0 Å². The molecule has 25 heavy (non-hydrogen) atoms. The lowest BCUT2D eigenvalue weighted by atomic mass is 9.85. The van der Waals surface area contributed by atoms with Gasteiger partial charge in [0.2, 0.25) is 0 Å². The van der Waals surface area contributed by atoms with E-state index in [4.69, 9.17) is 5.10 Å². The standard InChI is InChI=1S/C17H21N7S/c1-2-13(3-1)17-21-20-15-4-5-16(22-24(15)17)23-9-12(10-23)6-18-7-14-8-19-11-25-14/h4-5,8,11-13,18H,1-3,6-7,9-10H2. The van der Waals surface area contributed by atoms with Gasteiger partial charge in [0.1, 0.15) is 5.82 Å². The van der Waals surface area contributed by atoms with Crippen molar-refractivity contribution < 1.29 is 0 Å². The van der Waals surface area contributed by atoms with Gasteiger partial charge < -0.3 is 10.2 Å². The van der Waals surface area contributed by atoms with Crippen molar-refractivity contribution in [2.75, 3.05) is 24.5 Å². The molecule has 3 aromatic rings. The van der Waals surface area contributed by atoms with Crippen LogP contribution in [0.1, 0.15) is 35.9 Å². The molecule has 2 aliphatic rings. The van der Waals surface area contributed by atoms with E-state index in [-0.39, 0.29) is 0 Å². The summed E-state index contributed by atoms with van der Waals surface area (Å²) in [6.07, 6.45) is 5.65. The second-order valence-corrected chi connectivity index (χ2v) is 7.99. The Morgan fingerprint density at radius 2 is 2.12 bits per heavy atom. The first-order valence-electron chi connectivity index (χ1n) is 8.92. The maximum absolute atomic E-state index is 4.81. The van der Waals surface area contributed by atoms with E-state index in [0.29, 0.717) is 11.8 Å². The lowest BCUT2D eigenvalue weighted by Crippen LogP contribution is -2.51. The molecule has 0 radical (unpaired) electrons. The Bertz CT molecular complexity index is 849. The molecule has 0 aromatic carbocycles. The normalized spacial score (nSPS) is 18.5. The summed E-state index contributed by atoms with van der Waals surface area (Å²) >= 11 is 1.70. The summed E-state index contributed by atoms with van der Waals surface area (Å²) in [7, 11) is 0. The minimum absolute atomic E-state index is 0.540. The van der Waals surface area contributed by atoms with Crippen molar-refractivity contribution >= 4 is 22.8 Å². The molecule has 0 spiro atoms. The molecule has 130 valence electrons. The average molecular weight is 355 g/mol. The fraction of sp³-hybridized carbons (Fsp3) is 0.529. The molecule has 0 atom stereocenters. The number of nitrogens with zero attached hydrogens (tertiary/aromatic N) is 6. The molecule has 8 heteroatoms. The number of hydrogen-bond acceptors (Lipinski definition) is 7. The highest BCUT2D eigenvalue weighted by molar-refractivity contribution is 7.09. The number of anilines is 1. The highest BCUT2D eigenvalue weighted by Crippen LogP contribution is 2.35. The predicted octanol–water partition coefficient (Wildman–Crippen LogP) is 2.07. The lowest BCUT2D eigenvalue weighted by Gasteiger charge is -2.40. The van der Waals surface area contributed by atoms with Gasteiger partial charge in [-0.3, -0.25) is 4.98 Å². The van der Waals surface area contributed by atoms with E-state index in [9.17, 15) is 0 Å². The summed E-state index contributed by atoms with van der Waals surface area (Å²) in [5.41, 5.74) is 2.74. The summed E-state index contributed by atoms with van der Waals surface area (Å²) in [4.78, 5) is 7.73. The van der Waals surface area contributed by atoms with Crippen molar-refractivity contribution in [3.63, 3.8) is 0 Å². The molecule has 4 heterocycles. The molecule has 1 aliphatic carbocycles. The third kappa shape index (κ3) is 2.89. The average Bonchev–Trinajstić information content (AvgIpc) is 3.18. The van der Waals surface area contributed by atoms with Crippen LogP contribution in [0.5, 0.6) is 0 Å². The van der Waals surface area contributed by atoms with Gasteiger partial charge in [-0.1, -0.05) is 6.42 Å². The molecule has 1 saturated heterocycles. The van der Waals surface area contributed by atoms with Crippen molar-refractivity contribution in [3.05, 3.63) is 34.5 Å². The highest BCUT2D eigenvalue weighted by atomic mass is 32.1. The molecule has 3 aromatic heterocycles. The smallest absolute Gasteiger partial charge is 0.178 e. The Hall–Kier alpha value is -2.06. The fourth-order valence-electron chi connectivity index (χ4n) is 3.50. The molecule has 5 rings (SSSR count). The van der Waals surface area contributed by atoms with Crippen molar-refractivity contribution in [1.82, 2.24) is 30.1 Å². The number of nitrogens with one attached hydrogen (secondary N) is 1. The van der Waals surface area contributed by atoms with Gasteiger partial charge in [0.25, 0.3) is 0 Å². The minimum atomic E-state index is 0.540. The van der Waals surface area contributed by atoms with Gasteiger partial charge >= 0.3 is 0 Å². The van der Waals surface area contributed by atoms with E-state index >= 15 is 0 Å². The van der Waals surface area contributed by atoms with Gasteiger partial charge in [0, 0.05) is 49.1 Å². The number of rotatable bonds is 6. The first-order valence-corrected chi connectivity index (χ1v) is 9.80. The highest BCUT2D eigenvalue weighted by Gasteiger charge is 2.29. The summed E-state index contributed by atoms with van der Waals surface area (Å²) in [5.74, 6) is 3.29. The first kappa shape index (κ1) is 15.2. The van der Waals surface area contributed by atoms with Crippen LogP contribution in [0.15, 0.2) is 23.8 Å². The van der Waals surface area contributed by atoms with Gasteiger partial charge in [-0.2, -0.15) is 4.52 Å². The van der Waals surface area contributed by atoms with Crippen LogP contribution in [0.2, 0.25) is 0 Å². The van der Waals surface area contributed by atoms with E-state index < -0.39 is 0 Å². The molecule has 0 bridgehead atoms.